The third-order valence-corrected chi connectivity index (χ3v) is 5.97. The van der Waals surface area contributed by atoms with Crippen molar-refractivity contribution >= 4 is 0 Å². The molecule has 1 aliphatic carbocycles. The van der Waals surface area contributed by atoms with Gasteiger partial charge in [0, 0.05) is 12.0 Å². The monoisotopic (exact) mass is 289 g/mol. The van der Waals surface area contributed by atoms with Crippen molar-refractivity contribution in [1.82, 2.24) is 0 Å². The second kappa shape index (κ2) is 6.10. The van der Waals surface area contributed by atoms with E-state index in [0.29, 0.717) is 6.54 Å². The van der Waals surface area contributed by atoms with Gasteiger partial charge in [0.05, 0.1) is 5.60 Å². The maximum Gasteiger partial charge on any atom is 0.0936 e. The van der Waals surface area contributed by atoms with Gasteiger partial charge in [-0.1, -0.05) is 43.7 Å². The summed E-state index contributed by atoms with van der Waals surface area (Å²) < 4.78 is 0. The molecule has 0 spiro atoms. The average molecular weight is 289 g/mol. The molecule has 0 aliphatic heterocycles. The Morgan fingerprint density at radius 3 is 2.19 bits per heavy atom. The highest BCUT2D eigenvalue weighted by Crippen LogP contribution is 2.51. The molecule has 0 radical (unpaired) electrons. The number of aliphatic hydroxyl groups is 1. The Morgan fingerprint density at radius 2 is 1.76 bits per heavy atom. The number of hydrogen-bond acceptors (Lipinski definition) is 2. The van der Waals surface area contributed by atoms with E-state index in [2.05, 4.69) is 45.0 Å². The van der Waals surface area contributed by atoms with Gasteiger partial charge >= 0.3 is 0 Å². The Hall–Kier alpha value is -0.860. The number of nitrogens with two attached hydrogens (primary N) is 1. The highest BCUT2D eigenvalue weighted by Gasteiger charge is 2.49. The fraction of sp³-hybridized carbons (Fsp3) is 0.684. The van der Waals surface area contributed by atoms with Crippen molar-refractivity contribution in [3.05, 3.63) is 35.4 Å². The van der Waals surface area contributed by atoms with Crippen LogP contribution in [0.4, 0.5) is 0 Å². The van der Waals surface area contributed by atoms with E-state index in [4.69, 9.17) is 5.73 Å². The molecule has 1 aliphatic rings. The average Bonchev–Trinajstić information content (AvgIpc) is 2.47. The van der Waals surface area contributed by atoms with Crippen LogP contribution in [0.25, 0.3) is 0 Å². The van der Waals surface area contributed by atoms with E-state index in [-0.39, 0.29) is 5.41 Å². The first-order valence-electron chi connectivity index (χ1n) is 8.32. The molecular weight excluding hydrogens is 258 g/mol. The van der Waals surface area contributed by atoms with Crippen molar-refractivity contribution in [2.24, 2.45) is 23.0 Å². The minimum absolute atomic E-state index is 0.187. The minimum Gasteiger partial charge on any atom is -0.385 e. The lowest BCUT2D eigenvalue weighted by atomic mass is 9.59. The molecule has 2 nitrogen and oxygen atoms in total. The van der Waals surface area contributed by atoms with Crippen LogP contribution in [0.2, 0.25) is 0 Å². The van der Waals surface area contributed by atoms with Gasteiger partial charge in [-0.25, -0.2) is 0 Å². The van der Waals surface area contributed by atoms with Gasteiger partial charge in [-0.05, 0) is 56.9 Å². The Labute approximate surface area is 129 Å². The standard InChI is InChI=1S/C19H31NO/c1-14(2)16-9-11-19(13-20,12-10-16)18(4,21)17-7-5-15(3)6-8-17/h5-8,14,16,21H,9-13,20H2,1-4H3. The largest absolute Gasteiger partial charge is 0.385 e. The van der Waals surface area contributed by atoms with E-state index in [9.17, 15) is 5.11 Å². The van der Waals surface area contributed by atoms with Crippen molar-refractivity contribution in [1.29, 1.82) is 0 Å². The second-order valence-corrected chi connectivity index (χ2v) is 7.50. The van der Waals surface area contributed by atoms with Crippen LogP contribution >= 0.6 is 0 Å². The maximum absolute atomic E-state index is 11.3. The molecule has 0 saturated heterocycles. The molecule has 2 rings (SSSR count). The minimum atomic E-state index is -0.850. The lowest BCUT2D eigenvalue weighted by molar-refractivity contribution is -0.100. The fourth-order valence-electron chi connectivity index (χ4n) is 3.93. The molecule has 1 aromatic rings. The molecule has 1 saturated carbocycles. The van der Waals surface area contributed by atoms with E-state index in [1.165, 1.54) is 18.4 Å². The van der Waals surface area contributed by atoms with Crippen molar-refractivity contribution in [2.45, 2.75) is 59.0 Å². The summed E-state index contributed by atoms with van der Waals surface area (Å²) in [4.78, 5) is 0. The van der Waals surface area contributed by atoms with Crippen LogP contribution < -0.4 is 5.73 Å². The van der Waals surface area contributed by atoms with Gasteiger partial charge in [0.2, 0.25) is 0 Å². The predicted octanol–water partition coefficient (Wildman–Crippen LogP) is 3.99. The Bertz CT molecular complexity index is 453. The summed E-state index contributed by atoms with van der Waals surface area (Å²) in [7, 11) is 0. The summed E-state index contributed by atoms with van der Waals surface area (Å²) >= 11 is 0. The summed E-state index contributed by atoms with van der Waals surface area (Å²) in [6.07, 6.45) is 4.40. The third kappa shape index (κ3) is 3.02. The molecule has 1 unspecified atom stereocenters. The zero-order chi connectivity index (χ0) is 15.7. The van der Waals surface area contributed by atoms with E-state index < -0.39 is 5.60 Å². The summed E-state index contributed by atoms with van der Waals surface area (Å²) in [5, 5.41) is 11.3. The Balaban J connectivity index is 2.25. The van der Waals surface area contributed by atoms with Crippen LogP contribution in [0.1, 0.15) is 57.6 Å². The van der Waals surface area contributed by atoms with Crippen molar-refractivity contribution in [3.63, 3.8) is 0 Å². The first kappa shape index (κ1) is 16.5. The smallest absolute Gasteiger partial charge is 0.0936 e. The number of benzene rings is 1. The van der Waals surface area contributed by atoms with Crippen molar-refractivity contribution in [2.75, 3.05) is 6.54 Å². The first-order chi connectivity index (χ1) is 9.82. The normalized spacial score (nSPS) is 29.4. The van der Waals surface area contributed by atoms with Gasteiger partial charge < -0.3 is 10.8 Å². The SMILES string of the molecule is Cc1ccc(C(C)(O)C2(CN)CCC(C(C)C)CC2)cc1. The van der Waals surface area contributed by atoms with Crippen LogP contribution in [0.5, 0.6) is 0 Å². The third-order valence-electron chi connectivity index (χ3n) is 5.97. The van der Waals surface area contributed by atoms with Crippen molar-refractivity contribution < 1.29 is 5.11 Å². The molecular formula is C19H31NO. The molecule has 118 valence electrons. The van der Waals surface area contributed by atoms with Gasteiger partial charge in [-0.2, -0.15) is 0 Å². The Kier molecular flexibility index (Phi) is 4.79. The van der Waals surface area contributed by atoms with E-state index in [0.717, 1.165) is 30.2 Å². The van der Waals surface area contributed by atoms with Gasteiger partial charge in [0.25, 0.3) is 0 Å². The lowest BCUT2D eigenvalue weighted by Gasteiger charge is -2.50. The quantitative estimate of drug-likeness (QED) is 0.880. The number of hydrogen-bond donors (Lipinski definition) is 2. The molecule has 1 atom stereocenters. The van der Waals surface area contributed by atoms with Crippen LogP contribution in [-0.4, -0.2) is 11.7 Å². The van der Waals surface area contributed by atoms with Gasteiger partial charge in [0.1, 0.15) is 0 Å². The highest BCUT2D eigenvalue weighted by atomic mass is 16.3. The lowest BCUT2D eigenvalue weighted by Crippen LogP contribution is -2.51. The topological polar surface area (TPSA) is 46.2 Å². The molecule has 0 amide bonds. The first-order valence-corrected chi connectivity index (χ1v) is 8.32. The van der Waals surface area contributed by atoms with Crippen LogP contribution in [0, 0.1) is 24.2 Å². The molecule has 0 aromatic heterocycles. The maximum atomic E-state index is 11.3. The highest BCUT2D eigenvalue weighted by molar-refractivity contribution is 5.28. The Morgan fingerprint density at radius 1 is 1.24 bits per heavy atom. The molecule has 2 heteroatoms. The zero-order valence-corrected chi connectivity index (χ0v) is 14.0. The molecule has 0 bridgehead atoms. The molecule has 21 heavy (non-hydrogen) atoms. The van der Waals surface area contributed by atoms with E-state index in [1.54, 1.807) is 0 Å². The summed E-state index contributed by atoms with van der Waals surface area (Å²) in [5.41, 5.74) is 7.34. The van der Waals surface area contributed by atoms with Gasteiger partial charge in [-0.3, -0.25) is 0 Å². The van der Waals surface area contributed by atoms with Crippen LogP contribution in [-0.2, 0) is 5.60 Å². The van der Waals surface area contributed by atoms with Crippen LogP contribution in [0.15, 0.2) is 24.3 Å². The van der Waals surface area contributed by atoms with Gasteiger partial charge in [-0.15, -0.1) is 0 Å². The number of aryl methyl sites for hydroxylation is 1. The second-order valence-electron chi connectivity index (χ2n) is 7.50. The molecule has 3 N–H and O–H groups in total. The number of rotatable bonds is 4. The fourth-order valence-corrected chi connectivity index (χ4v) is 3.93. The van der Waals surface area contributed by atoms with Crippen molar-refractivity contribution in [3.8, 4) is 0 Å². The molecule has 1 aromatic carbocycles. The molecule has 1 fully saturated rings. The summed E-state index contributed by atoms with van der Waals surface area (Å²) in [5.74, 6) is 1.50. The molecule has 0 heterocycles. The summed E-state index contributed by atoms with van der Waals surface area (Å²) in [6.45, 7) is 9.19. The van der Waals surface area contributed by atoms with Gasteiger partial charge in [0.15, 0.2) is 0 Å². The van der Waals surface area contributed by atoms with Crippen LogP contribution in [0.3, 0.4) is 0 Å². The predicted molar refractivity (Wildman–Crippen MR) is 89.0 cm³/mol. The van der Waals surface area contributed by atoms with E-state index >= 15 is 0 Å². The summed E-state index contributed by atoms with van der Waals surface area (Å²) in [6, 6.07) is 8.27. The van der Waals surface area contributed by atoms with E-state index in [1.807, 2.05) is 6.92 Å². The zero-order valence-electron chi connectivity index (χ0n) is 14.0.